The van der Waals surface area contributed by atoms with Gasteiger partial charge in [0.2, 0.25) is 0 Å². The van der Waals surface area contributed by atoms with Gasteiger partial charge >= 0.3 is 5.97 Å². The van der Waals surface area contributed by atoms with Gasteiger partial charge < -0.3 is 14.3 Å². The monoisotopic (exact) mass is 427 g/mol. The summed E-state index contributed by atoms with van der Waals surface area (Å²) in [6.07, 6.45) is 1.57. The number of halogens is 3. The van der Waals surface area contributed by atoms with Gasteiger partial charge in [-0.3, -0.25) is 0 Å². The SMILES string of the molecule is CON=C(C(=O)OC)c1ccccc1COc1ccc(C=C(Cl)Cl)cc1Cl. The molecule has 0 aliphatic rings. The molecule has 0 amide bonds. The smallest absolute Gasteiger partial charge is 0.360 e. The minimum atomic E-state index is -0.614. The van der Waals surface area contributed by atoms with Crippen molar-refractivity contribution >= 4 is 52.6 Å². The van der Waals surface area contributed by atoms with Crippen molar-refractivity contribution in [2.45, 2.75) is 6.61 Å². The number of carbonyl (C=O) groups excluding carboxylic acids is 1. The van der Waals surface area contributed by atoms with Crippen molar-refractivity contribution in [3.63, 3.8) is 0 Å². The van der Waals surface area contributed by atoms with E-state index in [1.165, 1.54) is 14.2 Å². The molecule has 5 nitrogen and oxygen atoms in total. The average molecular weight is 429 g/mol. The van der Waals surface area contributed by atoms with E-state index in [9.17, 15) is 4.79 Å². The lowest BCUT2D eigenvalue weighted by Gasteiger charge is -2.13. The molecular weight excluding hydrogens is 413 g/mol. The van der Waals surface area contributed by atoms with E-state index >= 15 is 0 Å². The number of carbonyl (C=O) groups is 1. The highest BCUT2D eigenvalue weighted by Gasteiger charge is 2.19. The maximum absolute atomic E-state index is 12.0. The Morgan fingerprint density at radius 3 is 2.52 bits per heavy atom. The predicted molar refractivity (Wildman–Crippen MR) is 107 cm³/mol. The lowest BCUT2D eigenvalue weighted by Crippen LogP contribution is -2.19. The third-order valence-corrected chi connectivity index (χ3v) is 3.96. The molecule has 142 valence electrons. The molecule has 0 bridgehead atoms. The summed E-state index contributed by atoms with van der Waals surface area (Å²) in [4.78, 5) is 16.7. The molecule has 0 radical (unpaired) electrons. The van der Waals surface area contributed by atoms with Crippen molar-refractivity contribution in [3.8, 4) is 5.75 Å². The maximum Gasteiger partial charge on any atom is 0.360 e. The number of esters is 1. The third-order valence-electron chi connectivity index (χ3n) is 3.45. The fourth-order valence-electron chi connectivity index (χ4n) is 2.27. The van der Waals surface area contributed by atoms with E-state index in [0.29, 0.717) is 21.9 Å². The highest BCUT2D eigenvalue weighted by Crippen LogP contribution is 2.28. The summed E-state index contributed by atoms with van der Waals surface area (Å²) in [5, 5.41) is 4.16. The largest absolute Gasteiger partial charge is 0.487 e. The minimum Gasteiger partial charge on any atom is -0.487 e. The van der Waals surface area contributed by atoms with Crippen LogP contribution < -0.4 is 4.74 Å². The van der Waals surface area contributed by atoms with Gasteiger partial charge in [0.15, 0.2) is 5.71 Å². The Bertz CT molecular complexity index is 877. The van der Waals surface area contributed by atoms with Crippen LogP contribution in [0.1, 0.15) is 16.7 Å². The van der Waals surface area contributed by atoms with Crippen molar-refractivity contribution in [2.24, 2.45) is 5.16 Å². The quantitative estimate of drug-likeness (QED) is 0.345. The molecule has 0 unspecified atom stereocenters. The number of oxime groups is 1. The third kappa shape index (κ3) is 5.89. The summed E-state index contributed by atoms with van der Waals surface area (Å²) in [6, 6.07) is 12.3. The van der Waals surface area contributed by atoms with Crippen molar-refractivity contribution in [1.82, 2.24) is 0 Å². The Morgan fingerprint density at radius 2 is 1.89 bits per heavy atom. The van der Waals surface area contributed by atoms with Crippen molar-refractivity contribution in [3.05, 3.63) is 68.7 Å². The number of ether oxygens (including phenoxy) is 2. The van der Waals surface area contributed by atoms with Crippen LogP contribution >= 0.6 is 34.8 Å². The minimum absolute atomic E-state index is 0.0440. The highest BCUT2D eigenvalue weighted by molar-refractivity contribution is 6.57. The van der Waals surface area contributed by atoms with Crippen molar-refractivity contribution in [1.29, 1.82) is 0 Å². The van der Waals surface area contributed by atoms with Crippen LogP contribution in [0.15, 0.2) is 52.1 Å². The van der Waals surface area contributed by atoms with Gasteiger partial charge in [-0.05, 0) is 29.3 Å². The molecule has 2 aromatic carbocycles. The van der Waals surface area contributed by atoms with Gasteiger partial charge in [0.05, 0.1) is 12.1 Å². The molecule has 0 aliphatic carbocycles. The normalized spacial score (nSPS) is 10.9. The topological polar surface area (TPSA) is 57.1 Å². The summed E-state index contributed by atoms with van der Waals surface area (Å²) in [5.74, 6) is -0.144. The molecule has 0 aromatic heterocycles. The molecule has 2 aromatic rings. The zero-order valence-electron chi connectivity index (χ0n) is 14.5. The highest BCUT2D eigenvalue weighted by atomic mass is 35.5. The first-order valence-electron chi connectivity index (χ1n) is 7.69. The molecular formula is C19H16Cl3NO4. The summed E-state index contributed by atoms with van der Waals surface area (Å²) in [6.45, 7) is 0.154. The van der Waals surface area contributed by atoms with Crippen LogP contribution in [-0.2, 0) is 21.0 Å². The summed E-state index contributed by atoms with van der Waals surface area (Å²) in [5.41, 5.74) is 2.04. The van der Waals surface area contributed by atoms with Crippen LogP contribution in [0.3, 0.4) is 0 Å². The van der Waals surface area contributed by atoms with E-state index < -0.39 is 5.97 Å². The second-order valence-corrected chi connectivity index (χ2v) is 6.60. The first kappa shape index (κ1) is 21.1. The van der Waals surface area contributed by atoms with Crippen LogP contribution in [0, 0.1) is 0 Å². The van der Waals surface area contributed by atoms with Gasteiger partial charge in [0.1, 0.15) is 24.0 Å². The van der Waals surface area contributed by atoms with Crippen LogP contribution in [0.25, 0.3) is 6.08 Å². The van der Waals surface area contributed by atoms with E-state index in [0.717, 1.165) is 5.56 Å². The van der Waals surface area contributed by atoms with Gasteiger partial charge in [0.25, 0.3) is 0 Å². The van der Waals surface area contributed by atoms with Crippen molar-refractivity contribution < 1.29 is 19.1 Å². The van der Waals surface area contributed by atoms with Crippen LogP contribution in [-0.4, -0.2) is 25.9 Å². The Labute approximate surface area is 172 Å². The van der Waals surface area contributed by atoms with E-state index in [4.69, 9.17) is 49.1 Å². The molecule has 8 heteroatoms. The maximum atomic E-state index is 12.0. The Balaban J connectivity index is 2.26. The van der Waals surface area contributed by atoms with E-state index in [-0.39, 0.29) is 16.8 Å². The molecule has 0 heterocycles. The fraction of sp³-hybridized carbons (Fsp3) is 0.158. The van der Waals surface area contributed by atoms with Crippen LogP contribution in [0.5, 0.6) is 5.75 Å². The lowest BCUT2D eigenvalue weighted by atomic mass is 10.0. The predicted octanol–water partition coefficient (Wildman–Crippen LogP) is 5.22. The molecule has 27 heavy (non-hydrogen) atoms. The summed E-state index contributed by atoms with van der Waals surface area (Å²) in [7, 11) is 2.63. The van der Waals surface area contributed by atoms with Gasteiger partial charge in [0, 0.05) is 5.56 Å². The van der Waals surface area contributed by atoms with Crippen LogP contribution in [0.4, 0.5) is 0 Å². The molecule has 0 saturated heterocycles. The Kier molecular flexibility index (Phi) is 7.98. The summed E-state index contributed by atoms with van der Waals surface area (Å²) < 4.78 is 10.7. The van der Waals surface area contributed by atoms with Gasteiger partial charge in [-0.2, -0.15) is 0 Å². The Hall–Kier alpha value is -2.21. The zero-order valence-corrected chi connectivity index (χ0v) is 16.8. The standard InChI is InChI=1S/C19H16Cl3NO4/c1-25-19(24)18(23-26-2)14-6-4-3-5-13(14)11-27-16-8-7-12(9-15(16)20)10-17(21)22/h3-10H,11H2,1-2H3. The zero-order chi connectivity index (χ0) is 19.8. The summed E-state index contributed by atoms with van der Waals surface area (Å²) >= 11 is 17.5. The number of nitrogens with zero attached hydrogens (tertiary/aromatic N) is 1. The molecule has 0 spiro atoms. The van der Waals surface area contributed by atoms with E-state index in [1.807, 2.05) is 12.1 Å². The fourth-order valence-corrected chi connectivity index (χ4v) is 2.76. The first-order chi connectivity index (χ1) is 13.0. The average Bonchev–Trinajstić information content (AvgIpc) is 2.65. The molecule has 0 aliphatic heterocycles. The number of hydrogen-bond donors (Lipinski definition) is 0. The number of benzene rings is 2. The van der Waals surface area contributed by atoms with E-state index in [1.54, 1.807) is 36.4 Å². The number of rotatable bonds is 7. The molecule has 0 fully saturated rings. The Morgan fingerprint density at radius 1 is 1.15 bits per heavy atom. The lowest BCUT2D eigenvalue weighted by molar-refractivity contribution is -0.132. The van der Waals surface area contributed by atoms with Gasteiger partial charge in [-0.25, -0.2) is 4.79 Å². The van der Waals surface area contributed by atoms with E-state index in [2.05, 4.69) is 5.16 Å². The van der Waals surface area contributed by atoms with Gasteiger partial charge in [-0.1, -0.05) is 70.3 Å². The molecule has 0 N–H and O–H groups in total. The number of hydrogen-bond acceptors (Lipinski definition) is 5. The van der Waals surface area contributed by atoms with Crippen LogP contribution in [0.2, 0.25) is 5.02 Å². The molecule has 2 rings (SSSR count). The van der Waals surface area contributed by atoms with Crippen molar-refractivity contribution in [2.75, 3.05) is 14.2 Å². The second-order valence-electron chi connectivity index (χ2n) is 5.18. The molecule has 0 saturated carbocycles. The van der Waals surface area contributed by atoms with Gasteiger partial charge in [-0.15, -0.1) is 0 Å². The second kappa shape index (κ2) is 10.2. The first-order valence-corrected chi connectivity index (χ1v) is 8.82. The molecule has 0 atom stereocenters. The number of methoxy groups -OCH3 is 1.